The molecule has 0 saturated heterocycles. The SMILES string of the molecule is CCNC(C)CSC(F)(F)F. The Bertz CT molecular complexity index is 104. The van der Waals surface area contributed by atoms with Crippen LogP contribution in [-0.2, 0) is 0 Å². The van der Waals surface area contributed by atoms with E-state index in [1.54, 1.807) is 6.92 Å². The van der Waals surface area contributed by atoms with Gasteiger partial charge in [0.25, 0.3) is 0 Å². The highest BCUT2D eigenvalue weighted by molar-refractivity contribution is 8.00. The van der Waals surface area contributed by atoms with E-state index in [2.05, 4.69) is 5.32 Å². The highest BCUT2D eigenvalue weighted by atomic mass is 32.2. The Labute approximate surface area is 68.7 Å². The van der Waals surface area contributed by atoms with Crippen LogP contribution in [0.2, 0.25) is 0 Å². The van der Waals surface area contributed by atoms with Crippen LogP contribution < -0.4 is 5.32 Å². The molecule has 0 radical (unpaired) electrons. The van der Waals surface area contributed by atoms with Crippen LogP contribution in [0, 0.1) is 0 Å². The Hall–Kier alpha value is 0.100. The average molecular weight is 187 g/mol. The summed E-state index contributed by atoms with van der Waals surface area (Å²) in [5.74, 6) is 0.0807. The molecule has 0 bridgehead atoms. The molecule has 0 aromatic heterocycles. The van der Waals surface area contributed by atoms with Crippen molar-refractivity contribution in [2.45, 2.75) is 25.4 Å². The van der Waals surface area contributed by atoms with Crippen molar-refractivity contribution in [1.29, 1.82) is 0 Å². The van der Waals surface area contributed by atoms with Crippen molar-refractivity contribution in [2.24, 2.45) is 0 Å². The molecule has 68 valence electrons. The lowest BCUT2D eigenvalue weighted by Gasteiger charge is -2.12. The van der Waals surface area contributed by atoms with Crippen LogP contribution in [0.5, 0.6) is 0 Å². The second-order valence-electron chi connectivity index (χ2n) is 2.22. The lowest BCUT2D eigenvalue weighted by atomic mass is 10.4. The van der Waals surface area contributed by atoms with Gasteiger partial charge in [0.2, 0.25) is 0 Å². The van der Waals surface area contributed by atoms with Gasteiger partial charge in [0.15, 0.2) is 0 Å². The van der Waals surface area contributed by atoms with Crippen LogP contribution in [0.25, 0.3) is 0 Å². The molecule has 11 heavy (non-hydrogen) atoms. The maximum atomic E-state index is 11.6. The fraction of sp³-hybridized carbons (Fsp3) is 1.00. The monoisotopic (exact) mass is 187 g/mol. The number of halogens is 3. The smallest absolute Gasteiger partial charge is 0.314 e. The second-order valence-corrected chi connectivity index (χ2v) is 3.30. The molecule has 1 N–H and O–H groups in total. The normalized spacial score (nSPS) is 15.0. The Kier molecular flexibility index (Phi) is 4.92. The van der Waals surface area contributed by atoms with Gasteiger partial charge in [-0.3, -0.25) is 0 Å². The Balaban J connectivity index is 3.38. The Morgan fingerprint density at radius 2 is 2.00 bits per heavy atom. The number of alkyl halides is 3. The third kappa shape index (κ3) is 8.00. The van der Waals surface area contributed by atoms with Crippen molar-refractivity contribution in [3.8, 4) is 0 Å². The maximum absolute atomic E-state index is 11.6. The summed E-state index contributed by atoms with van der Waals surface area (Å²) in [6, 6.07) is -0.0772. The number of rotatable bonds is 4. The molecule has 0 aliphatic rings. The highest BCUT2D eigenvalue weighted by Gasteiger charge is 2.28. The van der Waals surface area contributed by atoms with E-state index in [0.29, 0.717) is 6.54 Å². The topological polar surface area (TPSA) is 12.0 Å². The van der Waals surface area contributed by atoms with Crippen LogP contribution in [-0.4, -0.2) is 23.8 Å². The van der Waals surface area contributed by atoms with Crippen LogP contribution in [0.3, 0.4) is 0 Å². The molecular weight excluding hydrogens is 175 g/mol. The molecule has 0 aromatic carbocycles. The molecule has 1 atom stereocenters. The van der Waals surface area contributed by atoms with Gasteiger partial charge in [-0.25, -0.2) is 0 Å². The molecule has 0 aliphatic carbocycles. The first kappa shape index (κ1) is 11.1. The first-order valence-corrected chi connectivity index (χ1v) is 4.38. The molecule has 0 fully saturated rings. The van der Waals surface area contributed by atoms with Crippen LogP contribution in [0.4, 0.5) is 13.2 Å². The van der Waals surface area contributed by atoms with E-state index in [1.165, 1.54) is 0 Å². The van der Waals surface area contributed by atoms with Crippen LogP contribution in [0.1, 0.15) is 13.8 Å². The van der Waals surface area contributed by atoms with Crippen molar-refractivity contribution in [3.05, 3.63) is 0 Å². The predicted octanol–water partition coefficient (Wildman–Crippen LogP) is 2.24. The van der Waals surface area contributed by atoms with E-state index in [4.69, 9.17) is 0 Å². The summed E-state index contributed by atoms with van der Waals surface area (Å²) in [6.45, 7) is 4.32. The zero-order valence-electron chi connectivity index (χ0n) is 6.53. The van der Waals surface area contributed by atoms with Crippen LogP contribution in [0.15, 0.2) is 0 Å². The summed E-state index contributed by atoms with van der Waals surface area (Å²) in [7, 11) is 0. The number of hydrogen-bond donors (Lipinski definition) is 1. The van der Waals surface area contributed by atoms with Crippen molar-refractivity contribution >= 4 is 11.8 Å². The van der Waals surface area contributed by atoms with E-state index in [1.807, 2.05) is 6.92 Å². The van der Waals surface area contributed by atoms with E-state index in [0.717, 1.165) is 0 Å². The predicted molar refractivity (Wildman–Crippen MR) is 41.7 cm³/mol. The summed E-state index contributed by atoms with van der Waals surface area (Å²) in [4.78, 5) is 0. The van der Waals surface area contributed by atoms with E-state index in [-0.39, 0.29) is 23.6 Å². The number of nitrogens with one attached hydrogen (secondary N) is 1. The van der Waals surface area contributed by atoms with E-state index in [9.17, 15) is 13.2 Å². The second kappa shape index (κ2) is 4.87. The van der Waals surface area contributed by atoms with E-state index < -0.39 is 5.51 Å². The van der Waals surface area contributed by atoms with Gasteiger partial charge in [-0.15, -0.1) is 0 Å². The first-order chi connectivity index (χ1) is 4.95. The fourth-order valence-corrected chi connectivity index (χ4v) is 1.18. The minimum Gasteiger partial charge on any atom is -0.314 e. The quantitative estimate of drug-likeness (QED) is 0.724. The molecule has 0 aromatic rings. The Morgan fingerprint density at radius 3 is 2.36 bits per heavy atom. The Morgan fingerprint density at radius 1 is 1.45 bits per heavy atom. The van der Waals surface area contributed by atoms with Crippen molar-refractivity contribution in [1.82, 2.24) is 5.32 Å². The lowest BCUT2D eigenvalue weighted by Crippen LogP contribution is -2.28. The maximum Gasteiger partial charge on any atom is 0.441 e. The minimum atomic E-state index is -4.09. The van der Waals surface area contributed by atoms with Crippen molar-refractivity contribution in [2.75, 3.05) is 12.3 Å². The summed E-state index contributed by atoms with van der Waals surface area (Å²) in [5.41, 5.74) is -4.09. The van der Waals surface area contributed by atoms with Crippen LogP contribution >= 0.6 is 11.8 Å². The molecule has 5 heteroatoms. The summed E-state index contributed by atoms with van der Waals surface area (Å²) in [6.07, 6.45) is 0. The molecule has 0 spiro atoms. The molecule has 0 amide bonds. The largest absolute Gasteiger partial charge is 0.441 e. The average Bonchev–Trinajstić information content (AvgIpc) is 1.83. The standard InChI is InChI=1S/C6H12F3NS/c1-3-10-5(2)4-11-6(7,8)9/h5,10H,3-4H2,1-2H3. The molecule has 1 nitrogen and oxygen atoms in total. The summed E-state index contributed by atoms with van der Waals surface area (Å²) in [5, 5.41) is 2.90. The minimum absolute atomic E-state index is 0.0191. The van der Waals surface area contributed by atoms with Crippen molar-refractivity contribution in [3.63, 3.8) is 0 Å². The van der Waals surface area contributed by atoms with E-state index >= 15 is 0 Å². The molecular formula is C6H12F3NS. The fourth-order valence-electron chi connectivity index (χ4n) is 0.627. The zero-order valence-corrected chi connectivity index (χ0v) is 7.35. The third-order valence-corrected chi connectivity index (χ3v) is 2.04. The number of thioether (sulfide) groups is 1. The first-order valence-electron chi connectivity index (χ1n) is 3.39. The van der Waals surface area contributed by atoms with Gasteiger partial charge in [-0.2, -0.15) is 13.2 Å². The summed E-state index contributed by atoms with van der Waals surface area (Å²) >= 11 is 0.0191. The molecule has 0 heterocycles. The molecule has 0 rings (SSSR count). The third-order valence-electron chi connectivity index (χ3n) is 1.05. The van der Waals surface area contributed by atoms with Gasteiger partial charge < -0.3 is 5.32 Å². The number of hydrogen-bond acceptors (Lipinski definition) is 2. The highest BCUT2D eigenvalue weighted by Crippen LogP contribution is 2.30. The van der Waals surface area contributed by atoms with Gasteiger partial charge in [0, 0.05) is 11.8 Å². The zero-order chi connectivity index (χ0) is 8.91. The molecule has 0 aliphatic heterocycles. The van der Waals surface area contributed by atoms with Crippen molar-refractivity contribution < 1.29 is 13.2 Å². The van der Waals surface area contributed by atoms with Gasteiger partial charge in [0.05, 0.1) is 0 Å². The summed E-state index contributed by atoms with van der Waals surface area (Å²) < 4.78 is 34.8. The molecule has 1 unspecified atom stereocenters. The molecule has 0 saturated carbocycles. The lowest BCUT2D eigenvalue weighted by molar-refractivity contribution is -0.0328. The van der Waals surface area contributed by atoms with Gasteiger partial charge in [0.1, 0.15) is 0 Å². The van der Waals surface area contributed by atoms with Gasteiger partial charge in [-0.1, -0.05) is 6.92 Å². The van der Waals surface area contributed by atoms with Gasteiger partial charge in [-0.05, 0) is 25.2 Å². The van der Waals surface area contributed by atoms with Gasteiger partial charge >= 0.3 is 5.51 Å².